The number of aromatic carboxylic acids is 1. The van der Waals surface area contributed by atoms with Crippen LogP contribution in [0.3, 0.4) is 0 Å². The van der Waals surface area contributed by atoms with Crippen molar-refractivity contribution in [1.82, 2.24) is 29.3 Å². The largest absolute Gasteiger partial charge is 0.508 e. The van der Waals surface area contributed by atoms with Crippen LogP contribution in [0.2, 0.25) is 0 Å². The first kappa shape index (κ1) is 15.6. The highest BCUT2D eigenvalue weighted by Crippen LogP contribution is 2.14. The molecule has 0 spiro atoms. The molecule has 0 aliphatic heterocycles. The van der Waals surface area contributed by atoms with E-state index < -0.39 is 11.5 Å². The van der Waals surface area contributed by atoms with Crippen LogP contribution in [0.15, 0.2) is 47.8 Å². The molecule has 0 fully saturated rings. The maximum Gasteiger partial charge on any atom is 0.338 e. The number of hydrogen-bond acceptors (Lipinski definition) is 6. The molecule has 0 amide bonds. The standard InChI is InChI=1S/C16H12N6O4/c23-11-3-1-9(2-4-11)6-21-8-17-13-12(21)14(24)20-16(19-13)22-7-10(5-18-22)15(25)26/h1-5,7-8,23H,6H2,(H,25,26)(H,19,20,24). The van der Waals surface area contributed by atoms with Crippen molar-refractivity contribution >= 4 is 17.1 Å². The first-order valence-electron chi connectivity index (χ1n) is 7.52. The van der Waals surface area contributed by atoms with Crippen LogP contribution in [0.1, 0.15) is 15.9 Å². The maximum absolute atomic E-state index is 12.5. The van der Waals surface area contributed by atoms with Crippen molar-refractivity contribution in [3.8, 4) is 11.7 Å². The quantitative estimate of drug-likeness (QED) is 0.492. The predicted molar refractivity (Wildman–Crippen MR) is 89.4 cm³/mol. The van der Waals surface area contributed by atoms with Crippen molar-refractivity contribution in [2.24, 2.45) is 0 Å². The summed E-state index contributed by atoms with van der Waals surface area (Å²) in [6.07, 6.45) is 3.91. The highest BCUT2D eigenvalue weighted by atomic mass is 16.4. The number of phenols is 1. The van der Waals surface area contributed by atoms with Crippen LogP contribution in [-0.2, 0) is 6.54 Å². The fourth-order valence-corrected chi connectivity index (χ4v) is 2.55. The van der Waals surface area contributed by atoms with Crippen molar-refractivity contribution < 1.29 is 15.0 Å². The van der Waals surface area contributed by atoms with Gasteiger partial charge in [0.2, 0.25) is 5.95 Å². The Hall–Kier alpha value is -3.95. The van der Waals surface area contributed by atoms with Crippen molar-refractivity contribution in [2.75, 3.05) is 0 Å². The Morgan fingerprint density at radius 3 is 2.69 bits per heavy atom. The van der Waals surface area contributed by atoms with Crippen LogP contribution in [0.25, 0.3) is 17.1 Å². The lowest BCUT2D eigenvalue weighted by atomic mass is 10.2. The molecule has 3 heterocycles. The lowest BCUT2D eigenvalue weighted by molar-refractivity contribution is 0.0697. The molecule has 0 bridgehead atoms. The van der Waals surface area contributed by atoms with E-state index >= 15 is 0 Å². The maximum atomic E-state index is 12.5. The van der Waals surface area contributed by atoms with E-state index in [1.54, 1.807) is 28.8 Å². The number of nitrogens with one attached hydrogen (secondary N) is 1. The number of H-pyrrole nitrogens is 1. The second-order valence-corrected chi connectivity index (χ2v) is 5.58. The first-order chi connectivity index (χ1) is 12.5. The summed E-state index contributed by atoms with van der Waals surface area (Å²) >= 11 is 0. The van der Waals surface area contributed by atoms with Gasteiger partial charge in [0.25, 0.3) is 5.56 Å². The highest BCUT2D eigenvalue weighted by molar-refractivity contribution is 5.86. The minimum atomic E-state index is -1.13. The van der Waals surface area contributed by atoms with Gasteiger partial charge in [-0.2, -0.15) is 10.1 Å². The minimum Gasteiger partial charge on any atom is -0.508 e. The number of rotatable bonds is 4. The number of aromatic nitrogens is 6. The summed E-state index contributed by atoms with van der Waals surface area (Å²) in [5.74, 6) is -0.893. The molecule has 4 aromatic rings. The number of aromatic amines is 1. The molecule has 4 rings (SSSR count). The molecule has 10 heteroatoms. The number of nitrogens with zero attached hydrogens (tertiary/aromatic N) is 5. The molecule has 1 aromatic carbocycles. The smallest absolute Gasteiger partial charge is 0.338 e. The molecule has 26 heavy (non-hydrogen) atoms. The fourth-order valence-electron chi connectivity index (χ4n) is 2.55. The van der Waals surface area contributed by atoms with Crippen molar-refractivity contribution in [2.45, 2.75) is 6.54 Å². The summed E-state index contributed by atoms with van der Waals surface area (Å²) in [4.78, 5) is 34.4. The van der Waals surface area contributed by atoms with Gasteiger partial charge in [0.1, 0.15) is 5.75 Å². The van der Waals surface area contributed by atoms with Crippen molar-refractivity contribution in [3.05, 3.63) is 64.5 Å². The average Bonchev–Trinajstić information content (AvgIpc) is 3.25. The lowest BCUT2D eigenvalue weighted by Crippen LogP contribution is -2.16. The molecule has 3 aromatic heterocycles. The second kappa shape index (κ2) is 5.84. The van der Waals surface area contributed by atoms with Gasteiger partial charge in [-0.05, 0) is 17.7 Å². The van der Waals surface area contributed by atoms with Gasteiger partial charge in [0.05, 0.1) is 18.1 Å². The van der Waals surface area contributed by atoms with Crippen molar-refractivity contribution in [3.63, 3.8) is 0 Å². The predicted octanol–water partition coefficient (Wildman–Crippen LogP) is 0.757. The van der Waals surface area contributed by atoms with Gasteiger partial charge in [-0.15, -0.1) is 0 Å². The van der Waals surface area contributed by atoms with Crippen LogP contribution in [-0.4, -0.2) is 45.5 Å². The molecular weight excluding hydrogens is 340 g/mol. The molecule has 0 aliphatic rings. The van der Waals surface area contributed by atoms with Crippen LogP contribution < -0.4 is 5.56 Å². The van der Waals surface area contributed by atoms with Gasteiger partial charge < -0.3 is 14.8 Å². The van der Waals surface area contributed by atoms with Gasteiger partial charge in [-0.1, -0.05) is 12.1 Å². The van der Waals surface area contributed by atoms with Crippen LogP contribution in [0, 0.1) is 0 Å². The summed E-state index contributed by atoms with van der Waals surface area (Å²) in [7, 11) is 0. The molecule has 0 unspecified atom stereocenters. The van der Waals surface area contributed by atoms with Crippen LogP contribution in [0.5, 0.6) is 5.75 Å². The number of aromatic hydroxyl groups is 1. The normalized spacial score (nSPS) is 11.1. The zero-order chi connectivity index (χ0) is 18.3. The number of hydrogen-bond donors (Lipinski definition) is 3. The zero-order valence-corrected chi connectivity index (χ0v) is 13.2. The van der Waals surface area contributed by atoms with Gasteiger partial charge in [-0.25, -0.2) is 14.5 Å². The van der Waals surface area contributed by atoms with E-state index in [0.717, 1.165) is 11.8 Å². The Labute approximate surface area is 145 Å². The monoisotopic (exact) mass is 352 g/mol. The highest BCUT2D eigenvalue weighted by Gasteiger charge is 2.14. The average molecular weight is 352 g/mol. The molecule has 0 radical (unpaired) electrons. The van der Waals surface area contributed by atoms with E-state index in [4.69, 9.17) is 5.11 Å². The molecule has 0 saturated heterocycles. The third-order valence-electron chi connectivity index (χ3n) is 3.81. The van der Waals surface area contributed by atoms with E-state index in [1.165, 1.54) is 17.2 Å². The van der Waals surface area contributed by atoms with Gasteiger partial charge in [-0.3, -0.25) is 9.78 Å². The number of carboxylic acids is 1. The third kappa shape index (κ3) is 2.69. The molecular formula is C16H12N6O4. The minimum absolute atomic E-state index is 0.0226. The Morgan fingerprint density at radius 2 is 2.00 bits per heavy atom. The Balaban J connectivity index is 1.74. The van der Waals surface area contributed by atoms with Crippen molar-refractivity contribution in [1.29, 1.82) is 0 Å². The molecule has 130 valence electrons. The molecule has 3 N–H and O–H groups in total. The van der Waals surface area contributed by atoms with Crippen LogP contribution in [0.4, 0.5) is 0 Å². The van der Waals surface area contributed by atoms with Gasteiger partial charge in [0, 0.05) is 12.7 Å². The first-order valence-corrected chi connectivity index (χ1v) is 7.52. The Morgan fingerprint density at radius 1 is 1.23 bits per heavy atom. The molecule has 0 saturated carbocycles. The zero-order valence-electron chi connectivity index (χ0n) is 13.2. The second-order valence-electron chi connectivity index (χ2n) is 5.58. The summed E-state index contributed by atoms with van der Waals surface area (Å²) in [6, 6.07) is 6.61. The summed E-state index contributed by atoms with van der Waals surface area (Å²) in [6.45, 7) is 0.381. The number of imidazole rings is 1. The lowest BCUT2D eigenvalue weighted by Gasteiger charge is -2.05. The number of carbonyl (C=O) groups is 1. The Bertz CT molecular complexity index is 1170. The Kier molecular flexibility index (Phi) is 3.50. The number of phenolic OH excluding ortho intramolecular Hbond substituents is 1. The van der Waals surface area contributed by atoms with E-state index in [9.17, 15) is 14.7 Å². The number of fused-ring (bicyclic) bond motifs is 1. The van der Waals surface area contributed by atoms with Gasteiger partial charge >= 0.3 is 5.97 Å². The van der Waals surface area contributed by atoms with E-state index in [2.05, 4.69) is 20.1 Å². The van der Waals surface area contributed by atoms with Gasteiger partial charge in [0.15, 0.2) is 11.2 Å². The molecule has 10 nitrogen and oxygen atoms in total. The van der Waals surface area contributed by atoms with E-state index in [1.807, 2.05) is 0 Å². The van der Waals surface area contributed by atoms with E-state index in [-0.39, 0.29) is 28.4 Å². The molecule has 0 aliphatic carbocycles. The summed E-state index contributed by atoms with van der Waals surface area (Å²) < 4.78 is 2.81. The SMILES string of the molecule is O=C(O)c1cnn(-c2nc3ncn(Cc4ccc(O)cc4)c3c(=O)[nH]2)c1. The van der Waals surface area contributed by atoms with E-state index in [0.29, 0.717) is 6.54 Å². The fraction of sp³-hybridized carbons (Fsp3) is 0.0625. The summed E-state index contributed by atoms with van der Waals surface area (Å²) in [5.41, 5.74) is 0.936. The third-order valence-corrected chi connectivity index (χ3v) is 3.81. The topological polar surface area (TPSA) is 139 Å². The number of carboxylic acid groups (broad SMARTS) is 1. The number of benzene rings is 1. The summed E-state index contributed by atoms with van der Waals surface area (Å²) in [5, 5.41) is 22.2. The molecule has 0 atom stereocenters. The van der Waals surface area contributed by atoms with Crippen LogP contribution >= 0.6 is 0 Å².